The summed E-state index contributed by atoms with van der Waals surface area (Å²) < 4.78 is 10.6. The molecular formula is C34H28N2O12. The van der Waals surface area contributed by atoms with E-state index in [4.69, 9.17) is 9.47 Å². The van der Waals surface area contributed by atoms with Crippen LogP contribution >= 0.6 is 0 Å². The van der Waals surface area contributed by atoms with Gasteiger partial charge in [-0.2, -0.15) is 0 Å². The average Bonchev–Trinajstić information content (AvgIpc) is 3.52. The van der Waals surface area contributed by atoms with E-state index < -0.39 is 58.8 Å². The largest absolute Gasteiger partial charge is 0.508 e. The molecule has 4 unspecified atom stereocenters. The van der Waals surface area contributed by atoms with Gasteiger partial charge in [-0.25, -0.2) is 9.59 Å². The number of rotatable bonds is 8. The molecule has 2 heterocycles. The Labute approximate surface area is 271 Å². The Hall–Kier alpha value is -6.44. The number of hydrogen-bond acceptors (Lipinski definition) is 10. The number of phenols is 4. The van der Waals surface area contributed by atoms with E-state index in [9.17, 15) is 49.8 Å². The lowest BCUT2D eigenvalue weighted by molar-refractivity contribution is -0.124. The van der Waals surface area contributed by atoms with E-state index >= 15 is 0 Å². The van der Waals surface area contributed by atoms with Gasteiger partial charge in [-0.05, 0) is 71.8 Å². The van der Waals surface area contributed by atoms with Gasteiger partial charge in [0.05, 0.1) is 60.6 Å². The van der Waals surface area contributed by atoms with E-state index in [0.717, 1.165) is 21.9 Å². The summed E-state index contributed by atoms with van der Waals surface area (Å²) in [5, 5.41) is 61.1. The highest BCUT2D eigenvalue weighted by Gasteiger charge is 2.64. The van der Waals surface area contributed by atoms with Crippen molar-refractivity contribution >= 4 is 35.1 Å². The molecular weight excluding hydrogens is 628 g/mol. The highest BCUT2D eigenvalue weighted by molar-refractivity contribution is 6.14. The van der Waals surface area contributed by atoms with Gasteiger partial charge < -0.3 is 49.9 Å². The van der Waals surface area contributed by atoms with Gasteiger partial charge >= 0.3 is 11.9 Å². The van der Waals surface area contributed by atoms with Crippen LogP contribution in [0.25, 0.3) is 0 Å². The summed E-state index contributed by atoms with van der Waals surface area (Å²) in [5.41, 5.74) is -0.577. The lowest BCUT2D eigenvalue weighted by Gasteiger charge is -2.33. The van der Waals surface area contributed by atoms with Gasteiger partial charge in [0.1, 0.15) is 11.5 Å². The van der Waals surface area contributed by atoms with Crippen molar-refractivity contribution in [3.8, 4) is 34.5 Å². The number of ether oxygens (including phenoxy) is 2. The molecule has 6 N–H and O–H groups in total. The van der Waals surface area contributed by atoms with Crippen LogP contribution in [0.5, 0.6) is 34.5 Å². The molecule has 2 aliphatic rings. The number of amides is 2. The Morgan fingerprint density at radius 1 is 0.583 bits per heavy atom. The van der Waals surface area contributed by atoms with Crippen molar-refractivity contribution in [3.63, 3.8) is 0 Å². The maximum atomic E-state index is 14.8. The number of carboxylic acids is 2. The van der Waals surface area contributed by atoms with Crippen LogP contribution in [-0.2, 0) is 9.59 Å². The minimum absolute atomic E-state index is 0.00124. The molecule has 4 atom stereocenters. The lowest BCUT2D eigenvalue weighted by atomic mass is 9.83. The Kier molecular flexibility index (Phi) is 7.71. The number of carbonyl (C=O) groups is 4. The van der Waals surface area contributed by atoms with Gasteiger partial charge in [-0.3, -0.25) is 9.59 Å². The third-order valence-corrected chi connectivity index (χ3v) is 8.70. The van der Waals surface area contributed by atoms with Crippen LogP contribution in [-0.4, -0.2) is 68.6 Å². The Morgan fingerprint density at radius 2 is 0.958 bits per heavy atom. The number of aromatic carboxylic acids is 2. The second-order valence-corrected chi connectivity index (χ2v) is 11.2. The Balaban J connectivity index is 1.65. The summed E-state index contributed by atoms with van der Waals surface area (Å²) in [5.74, 6) is -8.17. The summed E-state index contributed by atoms with van der Waals surface area (Å²) in [6.07, 6.45) is 0. The second-order valence-electron chi connectivity index (χ2n) is 11.2. The molecule has 2 fully saturated rings. The van der Waals surface area contributed by atoms with Crippen molar-refractivity contribution in [2.45, 2.75) is 12.1 Å². The molecule has 2 saturated heterocycles. The Bertz CT molecular complexity index is 1870. The summed E-state index contributed by atoms with van der Waals surface area (Å²) in [6.45, 7) is 0. The van der Waals surface area contributed by atoms with Gasteiger partial charge in [0, 0.05) is 0 Å². The zero-order chi connectivity index (χ0) is 34.6. The molecule has 0 aliphatic carbocycles. The highest BCUT2D eigenvalue weighted by atomic mass is 16.5. The molecule has 14 heteroatoms. The molecule has 14 nitrogen and oxygen atoms in total. The molecule has 4 aromatic carbocycles. The number of nitrogens with zero attached hydrogens (tertiary/aromatic N) is 2. The third kappa shape index (κ3) is 4.90. The van der Waals surface area contributed by atoms with Gasteiger partial charge in [-0.15, -0.1) is 0 Å². The molecule has 0 aromatic heterocycles. The van der Waals surface area contributed by atoms with E-state index in [-0.39, 0.29) is 57.0 Å². The fourth-order valence-corrected chi connectivity index (χ4v) is 6.70. The van der Waals surface area contributed by atoms with E-state index in [1.807, 2.05) is 0 Å². The molecule has 2 amide bonds. The lowest BCUT2D eigenvalue weighted by Crippen LogP contribution is -2.39. The molecule has 246 valence electrons. The molecule has 0 radical (unpaired) electrons. The second kappa shape index (κ2) is 11.7. The first-order valence-electron chi connectivity index (χ1n) is 14.4. The maximum absolute atomic E-state index is 14.8. The summed E-state index contributed by atoms with van der Waals surface area (Å²) in [4.78, 5) is 56.8. The number of hydrogen-bond donors (Lipinski definition) is 6. The van der Waals surface area contributed by atoms with Gasteiger partial charge in [-0.1, -0.05) is 12.1 Å². The normalized spacial score (nSPS) is 20.1. The predicted octanol–water partition coefficient (Wildman–Crippen LogP) is 4.03. The van der Waals surface area contributed by atoms with Crippen molar-refractivity contribution in [1.82, 2.24) is 0 Å². The quantitative estimate of drug-likeness (QED) is 0.159. The zero-order valence-electron chi connectivity index (χ0n) is 25.3. The number of phenolic OH excluding ortho intramolecular Hbond substituents is 4. The number of aromatic hydroxyl groups is 4. The van der Waals surface area contributed by atoms with Crippen LogP contribution in [0.1, 0.15) is 43.9 Å². The maximum Gasteiger partial charge on any atom is 0.337 e. The van der Waals surface area contributed by atoms with E-state index in [0.29, 0.717) is 0 Å². The molecule has 0 spiro atoms. The number of fused-ring (bicyclic) bond motifs is 1. The molecule has 0 bridgehead atoms. The number of benzene rings is 4. The van der Waals surface area contributed by atoms with Crippen molar-refractivity contribution in [2.24, 2.45) is 11.8 Å². The van der Waals surface area contributed by atoms with Crippen LogP contribution in [0.2, 0.25) is 0 Å². The van der Waals surface area contributed by atoms with Crippen molar-refractivity contribution in [2.75, 3.05) is 24.0 Å². The summed E-state index contributed by atoms with van der Waals surface area (Å²) in [7, 11) is 2.60. The average molecular weight is 657 g/mol. The summed E-state index contributed by atoms with van der Waals surface area (Å²) in [6, 6.07) is 12.6. The van der Waals surface area contributed by atoms with Crippen molar-refractivity contribution < 1.29 is 59.3 Å². The molecule has 4 aromatic rings. The van der Waals surface area contributed by atoms with Gasteiger partial charge in [0.25, 0.3) is 0 Å². The minimum Gasteiger partial charge on any atom is -0.508 e. The number of anilines is 2. The van der Waals surface area contributed by atoms with Crippen molar-refractivity contribution in [1.29, 1.82) is 0 Å². The SMILES string of the molecule is COc1cc(C2C3C(=O)N(c4ccc(O)cc4C(=O)O)C(c4ccc(O)c(OC)c4)C3C(=O)N2c2ccc(O)cc2C(=O)O)ccc1O. The topological polar surface area (TPSA) is 215 Å². The molecule has 48 heavy (non-hydrogen) atoms. The Morgan fingerprint density at radius 3 is 1.29 bits per heavy atom. The smallest absolute Gasteiger partial charge is 0.337 e. The van der Waals surface area contributed by atoms with Crippen molar-refractivity contribution in [3.05, 3.63) is 95.1 Å². The number of carbonyl (C=O) groups excluding carboxylic acids is 2. The highest BCUT2D eigenvalue weighted by Crippen LogP contribution is 2.58. The molecule has 0 saturated carbocycles. The van der Waals surface area contributed by atoms with Crippen LogP contribution < -0.4 is 19.3 Å². The molecule has 6 rings (SSSR count). The first kappa shape index (κ1) is 31.5. The monoisotopic (exact) mass is 656 g/mol. The third-order valence-electron chi connectivity index (χ3n) is 8.70. The minimum atomic E-state index is -1.46. The van der Waals surface area contributed by atoms with Crippen LogP contribution in [0.3, 0.4) is 0 Å². The van der Waals surface area contributed by atoms with Gasteiger partial charge in [0.15, 0.2) is 23.0 Å². The number of carboxylic acid groups (broad SMARTS) is 2. The van der Waals surface area contributed by atoms with Crippen LogP contribution in [0.15, 0.2) is 72.8 Å². The van der Waals surface area contributed by atoms with Crippen LogP contribution in [0, 0.1) is 11.8 Å². The fraction of sp³-hybridized carbons (Fsp3) is 0.176. The fourth-order valence-electron chi connectivity index (χ4n) is 6.70. The van der Waals surface area contributed by atoms with Crippen LogP contribution in [0.4, 0.5) is 11.4 Å². The number of methoxy groups -OCH3 is 2. The molecule has 2 aliphatic heterocycles. The predicted molar refractivity (Wildman–Crippen MR) is 167 cm³/mol. The van der Waals surface area contributed by atoms with E-state index in [1.165, 1.54) is 74.9 Å². The van der Waals surface area contributed by atoms with Gasteiger partial charge in [0.2, 0.25) is 11.8 Å². The summed E-state index contributed by atoms with van der Waals surface area (Å²) >= 11 is 0. The first-order chi connectivity index (χ1) is 22.9. The standard InChI is InChI=1S/C34H28N2O12/c1-47-25-11-15(3-9-23(25)39)29-27-28(32(42)35(29)21-7-5-17(37)13-19(21)33(43)44)30(16-4-10-24(40)26(12-16)48-2)36(31(27)41)22-8-6-18(38)14-20(22)34(45)46/h3-14,27-30,37-40H,1-2H3,(H,43,44)(H,45,46). The van der Waals surface area contributed by atoms with E-state index in [1.54, 1.807) is 0 Å². The zero-order valence-corrected chi connectivity index (χ0v) is 25.3. The first-order valence-corrected chi connectivity index (χ1v) is 14.4. The van der Waals surface area contributed by atoms with E-state index in [2.05, 4.69) is 0 Å².